The predicted molar refractivity (Wildman–Crippen MR) is 191 cm³/mol. The van der Waals surface area contributed by atoms with Crippen molar-refractivity contribution in [1.29, 1.82) is 0 Å². The molecule has 0 bridgehead atoms. The average molecular weight is 659 g/mol. The van der Waals surface area contributed by atoms with Crippen LogP contribution in [0.1, 0.15) is 86.0 Å². The lowest BCUT2D eigenvalue weighted by Gasteiger charge is -2.42. The highest BCUT2D eigenvalue weighted by Crippen LogP contribution is 2.47. The molecule has 1 aliphatic heterocycles. The molecule has 10 heteroatoms. The standard InChI is InChI=1S/C35H58N2O6Si2/c1-15-17-27-19-28(23-42-44(13,14)35(9,10)11)37(22-27)33(38)29-20-31(41-12)32(21-30(29)36(18-16-2)34(39)40)43-45(24(3)4,25(5)6)26(7)8/h15-17,20-22,24-26,28H,2,18-19,23H2,1,3-14H3,(H,39,40)/t28-/m0/s1. The van der Waals surface area contributed by atoms with Crippen LogP contribution in [-0.2, 0) is 4.43 Å². The molecule has 0 unspecified atom stereocenters. The molecule has 0 aromatic heterocycles. The van der Waals surface area contributed by atoms with Crippen LogP contribution in [0.3, 0.4) is 0 Å². The van der Waals surface area contributed by atoms with E-state index in [2.05, 4.69) is 82.0 Å². The van der Waals surface area contributed by atoms with Crippen LogP contribution in [0.25, 0.3) is 0 Å². The van der Waals surface area contributed by atoms with Crippen molar-refractivity contribution in [2.24, 2.45) is 0 Å². The Balaban J connectivity index is 2.78. The highest BCUT2D eigenvalue weighted by molar-refractivity contribution is 6.78. The third kappa shape index (κ3) is 8.31. The average Bonchev–Trinajstić information content (AvgIpc) is 3.34. The highest BCUT2D eigenvalue weighted by Gasteiger charge is 2.48. The van der Waals surface area contributed by atoms with E-state index in [1.165, 1.54) is 6.08 Å². The van der Waals surface area contributed by atoms with E-state index in [0.717, 1.165) is 10.5 Å². The van der Waals surface area contributed by atoms with E-state index in [-0.39, 0.29) is 51.4 Å². The molecule has 1 atom stereocenters. The number of hydrogen-bond donors (Lipinski definition) is 1. The van der Waals surface area contributed by atoms with Crippen LogP contribution in [0.4, 0.5) is 10.5 Å². The number of methoxy groups -OCH3 is 1. The van der Waals surface area contributed by atoms with Gasteiger partial charge in [0.05, 0.1) is 31.0 Å². The van der Waals surface area contributed by atoms with Crippen LogP contribution in [0, 0.1) is 0 Å². The van der Waals surface area contributed by atoms with Gasteiger partial charge in [-0.3, -0.25) is 9.69 Å². The molecule has 2 amide bonds. The first-order valence-corrected chi connectivity index (χ1v) is 21.2. The minimum atomic E-state index is -2.45. The molecule has 0 spiro atoms. The van der Waals surface area contributed by atoms with Crippen molar-refractivity contribution >= 4 is 34.3 Å². The van der Waals surface area contributed by atoms with Crippen LogP contribution in [0.15, 0.2) is 48.7 Å². The summed E-state index contributed by atoms with van der Waals surface area (Å²) in [5.41, 5.74) is 2.28. The molecular formula is C35H58N2O6Si2. The fraction of sp³-hybridized carbons (Fsp3) is 0.600. The van der Waals surface area contributed by atoms with Crippen molar-refractivity contribution in [3.63, 3.8) is 0 Å². The molecule has 1 N–H and O–H groups in total. The van der Waals surface area contributed by atoms with Gasteiger partial charge in [-0.05, 0) is 59.7 Å². The molecule has 8 nitrogen and oxygen atoms in total. The van der Waals surface area contributed by atoms with Crippen molar-refractivity contribution in [3.05, 3.63) is 54.3 Å². The van der Waals surface area contributed by atoms with E-state index in [1.807, 2.05) is 25.3 Å². The van der Waals surface area contributed by atoms with Crippen molar-refractivity contribution in [1.82, 2.24) is 4.90 Å². The van der Waals surface area contributed by atoms with Crippen molar-refractivity contribution in [2.75, 3.05) is 25.2 Å². The molecular weight excluding hydrogens is 601 g/mol. The first-order valence-electron chi connectivity index (χ1n) is 16.1. The smallest absolute Gasteiger partial charge is 0.412 e. The number of anilines is 1. The number of carbonyl (C=O) groups is 2. The van der Waals surface area contributed by atoms with E-state index in [0.29, 0.717) is 24.5 Å². The fourth-order valence-electron chi connectivity index (χ4n) is 6.19. The summed E-state index contributed by atoms with van der Waals surface area (Å²) in [4.78, 5) is 30.0. The van der Waals surface area contributed by atoms with Crippen molar-refractivity contribution in [2.45, 2.75) is 116 Å². The molecule has 45 heavy (non-hydrogen) atoms. The third-order valence-corrected chi connectivity index (χ3v) is 20.1. The number of carbonyl (C=O) groups excluding carboxylic acids is 1. The van der Waals surface area contributed by atoms with Gasteiger partial charge in [0.15, 0.2) is 14.1 Å². The molecule has 1 aromatic rings. The van der Waals surface area contributed by atoms with Gasteiger partial charge in [-0.1, -0.05) is 80.5 Å². The van der Waals surface area contributed by atoms with E-state index in [1.54, 1.807) is 24.1 Å². The zero-order valence-electron chi connectivity index (χ0n) is 30.0. The normalized spacial score (nSPS) is 16.1. The Labute approximate surface area is 274 Å². The summed E-state index contributed by atoms with van der Waals surface area (Å²) in [7, 11) is -3.00. The molecule has 1 aromatic carbocycles. The first-order chi connectivity index (χ1) is 20.8. The van der Waals surface area contributed by atoms with Crippen LogP contribution >= 0.6 is 0 Å². The summed E-state index contributed by atoms with van der Waals surface area (Å²) < 4.78 is 19.4. The Hall–Kier alpha value is -2.83. The van der Waals surface area contributed by atoms with Gasteiger partial charge in [-0.15, -0.1) is 6.58 Å². The maximum absolute atomic E-state index is 14.6. The van der Waals surface area contributed by atoms with Crippen LogP contribution < -0.4 is 14.1 Å². The monoisotopic (exact) mass is 658 g/mol. The zero-order chi connectivity index (χ0) is 34.5. The summed E-state index contributed by atoms with van der Waals surface area (Å²) in [6.45, 7) is 30.2. The summed E-state index contributed by atoms with van der Waals surface area (Å²) >= 11 is 0. The molecule has 0 radical (unpaired) electrons. The van der Waals surface area contributed by atoms with Crippen LogP contribution in [0.5, 0.6) is 11.5 Å². The molecule has 1 heterocycles. The van der Waals surface area contributed by atoms with Crippen molar-refractivity contribution < 1.29 is 28.3 Å². The van der Waals surface area contributed by atoms with Gasteiger partial charge in [-0.2, -0.15) is 0 Å². The van der Waals surface area contributed by atoms with Gasteiger partial charge >= 0.3 is 6.09 Å². The summed E-state index contributed by atoms with van der Waals surface area (Å²) in [6, 6.07) is 3.07. The van der Waals surface area contributed by atoms with E-state index in [9.17, 15) is 14.7 Å². The number of rotatable bonds is 14. The summed E-state index contributed by atoms with van der Waals surface area (Å²) in [5, 5.41) is 10.3. The SMILES string of the molecule is C=CCN(C(=O)O)c1cc(O[Si](C(C)C)(C(C)C)C(C)C)c(OC)cc1C(=O)N1C=C(C=CC)C[C@H]1CO[Si](C)(C)C(C)(C)C. The topological polar surface area (TPSA) is 88.5 Å². The van der Waals surface area contributed by atoms with Gasteiger partial charge in [-0.25, -0.2) is 4.79 Å². The number of benzene rings is 1. The second-order valence-electron chi connectivity index (χ2n) is 14.5. The number of allylic oxidation sites excluding steroid dienone is 2. The second kappa shape index (κ2) is 15.2. The lowest BCUT2D eigenvalue weighted by molar-refractivity contribution is 0.0738. The minimum absolute atomic E-state index is 0.0000682. The number of amides is 2. The van der Waals surface area contributed by atoms with Gasteiger partial charge in [0, 0.05) is 18.8 Å². The molecule has 0 aliphatic carbocycles. The molecule has 0 fully saturated rings. The predicted octanol–water partition coefficient (Wildman–Crippen LogP) is 9.62. The first kappa shape index (κ1) is 38.4. The van der Waals surface area contributed by atoms with E-state index in [4.69, 9.17) is 13.6 Å². The summed E-state index contributed by atoms with van der Waals surface area (Å²) in [5.74, 6) is 0.524. The van der Waals surface area contributed by atoms with Crippen LogP contribution in [-0.4, -0.2) is 64.9 Å². The minimum Gasteiger partial charge on any atom is -0.540 e. The Morgan fingerprint density at radius 3 is 2.11 bits per heavy atom. The van der Waals surface area contributed by atoms with Gasteiger partial charge in [0.1, 0.15) is 5.75 Å². The second-order valence-corrected chi connectivity index (χ2v) is 24.7. The number of carboxylic acid groups (broad SMARTS) is 1. The molecule has 1 aliphatic rings. The Morgan fingerprint density at radius 2 is 1.67 bits per heavy atom. The Kier molecular flexibility index (Phi) is 12.9. The zero-order valence-corrected chi connectivity index (χ0v) is 32.0. The van der Waals surface area contributed by atoms with Crippen molar-refractivity contribution in [3.8, 4) is 11.5 Å². The quantitative estimate of drug-likeness (QED) is 0.158. The van der Waals surface area contributed by atoms with E-state index < -0.39 is 22.7 Å². The lowest BCUT2D eigenvalue weighted by Crippen LogP contribution is -2.50. The lowest BCUT2D eigenvalue weighted by atomic mass is 10.1. The maximum Gasteiger partial charge on any atom is 0.412 e. The fourth-order valence-corrected chi connectivity index (χ4v) is 12.5. The number of hydrogen-bond acceptors (Lipinski definition) is 5. The molecule has 0 saturated carbocycles. The third-order valence-electron chi connectivity index (χ3n) is 9.57. The summed E-state index contributed by atoms with van der Waals surface area (Å²) in [6.07, 6.45) is 6.77. The Morgan fingerprint density at radius 1 is 1.09 bits per heavy atom. The largest absolute Gasteiger partial charge is 0.540 e. The molecule has 0 saturated heterocycles. The van der Waals surface area contributed by atoms with Gasteiger partial charge in [0.2, 0.25) is 0 Å². The molecule has 252 valence electrons. The molecule has 2 rings (SSSR count). The number of ether oxygens (including phenoxy) is 1. The Bertz CT molecular complexity index is 1260. The highest BCUT2D eigenvalue weighted by atomic mass is 28.4. The number of nitrogens with zero attached hydrogens (tertiary/aromatic N) is 2. The maximum atomic E-state index is 14.6. The van der Waals surface area contributed by atoms with Gasteiger partial charge < -0.3 is 23.6 Å². The van der Waals surface area contributed by atoms with Gasteiger partial charge in [0.25, 0.3) is 14.2 Å². The van der Waals surface area contributed by atoms with E-state index >= 15 is 0 Å². The van der Waals surface area contributed by atoms with Crippen LogP contribution in [0.2, 0.25) is 34.8 Å².